The molecular weight excluding hydrogens is 1140 g/mol. The van der Waals surface area contributed by atoms with Gasteiger partial charge in [0.2, 0.25) is 0 Å². The summed E-state index contributed by atoms with van der Waals surface area (Å²) in [5.74, 6) is 0. The molecule has 0 spiro atoms. The summed E-state index contributed by atoms with van der Waals surface area (Å²) in [6.45, 7) is 31.4. The van der Waals surface area contributed by atoms with Crippen LogP contribution in [-0.4, -0.2) is 105 Å². The van der Waals surface area contributed by atoms with E-state index in [0.29, 0.717) is 35.1 Å². The molecule has 1 N–H and O–H groups in total. The molecule has 0 aliphatic carbocycles. The summed E-state index contributed by atoms with van der Waals surface area (Å²) in [7, 11) is 8.42. The third-order valence-corrected chi connectivity index (χ3v) is 10.4. The largest absolute Gasteiger partial charge is 1.00 e. The van der Waals surface area contributed by atoms with Gasteiger partial charge in [-0.15, -0.1) is 0 Å². The van der Waals surface area contributed by atoms with Crippen molar-refractivity contribution in [1.29, 1.82) is 5.26 Å². The topological polar surface area (TPSA) is 126 Å². The molecule has 0 unspecified atom stereocenters. The molecule has 2 heterocycles. The van der Waals surface area contributed by atoms with Gasteiger partial charge in [0.1, 0.15) is 0 Å². The Balaban J connectivity index is -0.000000437. The summed E-state index contributed by atoms with van der Waals surface area (Å²) in [6.07, 6.45) is -17.2. The maximum absolute atomic E-state index is 12.8. The van der Waals surface area contributed by atoms with Gasteiger partial charge in [-0.1, -0.05) is 65.3 Å². The van der Waals surface area contributed by atoms with Gasteiger partial charge in [0.25, 0.3) is 0 Å². The second-order valence-electron chi connectivity index (χ2n) is 15.6. The van der Waals surface area contributed by atoms with Gasteiger partial charge in [-0.3, -0.25) is 9.80 Å². The number of alkyl halides is 13. The second-order valence-corrected chi connectivity index (χ2v) is 16.4. The van der Waals surface area contributed by atoms with E-state index >= 15 is 0 Å². The van der Waals surface area contributed by atoms with Crippen LogP contribution < -0.4 is 29.6 Å². The average Bonchev–Trinajstić information content (AvgIpc) is 3.33. The summed E-state index contributed by atoms with van der Waals surface area (Å²) >= 11 is 6.24. The average molecular weight is 1190 g/mol. The van der Waals surface area contributed by atoms with E-state index in [1.165, 1.54) is 38.1 Å². The molecule has 4 aromatic carbocycles. The molecule has 12 nitrogen and oxygen atoms in total. The zero-order chi connectivity index (χ0) is 56.9. The van der Waals surface area contributed by atoms with E-state index in [9.17, 15) is 52.7 Å². The van der Waals surface area contributed by atoms with Crippen LogP contribution in [0.5, 0.6) is 0 Å². The number of carbonyl (C=O) groups excluding carboxylic acids is 2. The van der Waals surface area contributed by atoms with Gasteiger partial charge in [-0.05, 0) is 80.2 Å². The van der Waals surface area contributed by atoms with Gasteiger partial charge in [-0.25, -0.2) is 14.5 Å². The van der Waals surface area contributed by atoms with Crippen molar-refractivity contribution in [3.63, 3.8) is 0 Å². The monoisotopic (exact) mass is 1190 g/mol. The first-order chi connectivity index (χ1) is 34.5. The van der Waals surface area contributed by atoms with Gasteiger partial charge < -0.3 is 15.3 Å². The minimum atomic E-state index is -4.41. The fourth-order valence-electron chi connectivity index (χ4n) is 6.34. The molecule has 28 heteroatoms. The van der Waals surface area contributed by atoms with Crippen molar-refractivity contribution in [3.05, 3.63) is 158 Å². The van der Waals surface area contributed by atoms with Crippen LogP contribution in [0.4, 0.5) is 69.7 Å². The molecule has 6 rings (SSSR count). The number of piperazine rings is 2. The van der Waals surface area contributed by atoms with Crippen molar-refractivity contribution in [1.82, 2.24) is 19.6 Å². The molecule has 2 aliphatic rings. The van der Waals surface area contributed by atoms with E-state index in [0.717, 1.165) is 100 Å². The predicted molar refractivity (Wildman–Crippen MR) is 270 cm³/mol. The van der Waals surface area contributed by atoms with E-state index in [4.69, 9.17) is 34.6 Å². The summed E-state index contributed by atoms with van der Waals surface area (Å²) in [5, 5.41) is 7.62. The van der Waals surface area contributed by atoms with Gasteiger partial charge in [0.05, 0.1) is 31.3 Å². The Hall–Kier alpha value is -5.13. The SMILES string of the molecule is C.CC#N.CN1CCN(Cc2cccc(C(F)(F)F)c2)CC1.O=C=O.[B]=NS.[C-]#[N+]c1cc(C)cc(C(F)(F)F)c1.[C-]#[N+]c1cc(CBr)cc(C(F)(F)F)c1.[C-]#[N+]c1cc(CN2CCN(C)CC2)cc(C(F)(F)F)c1.[Na+].[OH-]. The quantitative estimate of drug-likeness (QED) is 0.0688. The Morgan fingerprint density at radius 2 is 0.909 bits per heavy atom. The Kier molecular flexibility index (Phi) is 40.0. The van der Waals surface area contributed by atoms with E-state index in [2.05, 4.69) is 81.9 Å². The normalized spacial score (nSPS) is 13.4. The summed E-state index contributed by atoms with van der Waals surface area (Å²) < 4.78 is 152. The van der Waals surface area contributed by atoms with Crippen LogP contribution in [0.1, 0.15) is 58.9 Å². The van der Waals surface area contributed by atoms with Crippen LogP contribution in [-0.2, 0) is 52.7 Å². The fraction of sp³-hybridized carbons (Fsp3) is 0.408. The van der Waals surface area contributed by atoms with Gasteiger partial charge in [0.15, 0.2) is 17.1 Å². The number of nitriles is 1. The van der Waals surface area contributed by atoms with Crippen molar-refractivity contribution in [3.8, 4) is 6.07 Å². The molecule has 2 saturated heterocycles. The van der Waals surface area contributed by atoms with E-state index < -0.39 is 47.0 Å². The fourth-order valence-corrected chi connectivity index (χ4v) is 6.66. The molecule has 0 aromatic heterocycles. The third-order valence-electron chi connectivity index (χ3n) is 9.80. The number of nitrogens with zero attached hydrogens (tertiary/aromatic N) is 9. The van der Waals surface area contributed by atoms with Crippen LogP contribution >= 0.6 is 28.7 Å². The first-order valence-corrected chi connectivity index (χ1v) is 22.6. The van der Waals surface area contributed by atoms with Crippen molar-refractivity contribution < 1.29 is 97.3 Å². The van der Waals surface area contributed by atoms with Gasteiger partial charge in [-0.2, -0.15) is 67.5 Å². The van der Waals surface area contributed by atoms with Crippen LogP contribution in [0.25, 0.3) is 14.5 Å². The maximum Gasteiger partial charge on any atom is 1.00 e. The Labute approximate surface area is 477 Å². The third kappa shape index (κ3) is 33.0. The second kappa shape index (κ2) is 39.3. The summed E-state index contributed by atoms with van der Waals surface area (Å²) in [6, 6.07) is 17.5. The molecule has 0 saturated carbocycles. The molecule has 0 bridgehead atoms. The van der Waals surface area contributed by atoms with Crippen LogP contribution in [0.2, 0.25) is 0 Å². The molecule has 1 radical (unpaired) electrons. The predicted octanol–water partition coefficient (Wildman–Crippen LogP) is 10.8. The number of hydrogen-bond acceptors (Lipinski definition) is 10. The van der Waals surface area contributed by atoms with E-state index in [-0.39, 0.29) is 65.7 Å². The van der Waals surface area contributed by atoms with Crippen molar-refractivity contribution >= 4 is 59.6 Å². The minimum Gasteiger partial charge on any atom is -0.870 e. The number of rotatable bonds is 5. The van der Waals surface area contributed by atoms with Crippen molar-refractivity contribution in [2.75, 3.05) is 66.5 Å². The number of thiol groups is 1. The first-order valence-electron chi connectivity index (χ1n) is 21.1. The Bertz CT molecular complexity index is 2580. The van der Waals surface area contributed by atoms with Crippen molar-refractivity contribution in [2.24, 2.45) is 4.30 Å². The van der Waals surface area contributed by atoms with Crippen LogP contribution in [0, 0.1) is 38.0 Å². The molecule has 77 heavy (non-hydrogen) atoms. The standard InChI is InChI=1S/C14H16F3N3.C13H17F3N2.C9H5BrF3N.C9H6F3N.C2H3N.CO2.CH4.BHNS.Na.H2O/c1-18-13-8-11(7-12(9-13)14(15,16)17)10-20-5-3-19(2)4-6-20;1-17-5-7-18(8-6-17)10-11-3-2-4-12(9-11)13(14,15)16;1-14-8-3-6(5-10)2-7(4-8)9(11,12)13;1-6-3-7(9(10,11)12)5-8(4-6)13-2;1-2-3;2-1-3;;1-2-3;;/h7-9H,3-6,10H2,2H3;2-4,9H,5-8,10H2,1H3;2-4H,5H2;3-5H,1H3;1H3;;1H4;3H;;1H2/q;;;;;;;;+1;/p-1. The number of hydrogen-bond donors (Lipinski definition) is 1. The molecular formula is C49H53BBrF12N9NaO3S. The van der Waals surface area contributed by atoms with Crippen LogP contribution in [0.3, 0.4) is 0 Å². The molecule has 0 amide bonds. The summed E-state index contributed by atoms with van der Waals surface area (Å²) in [4.78, 5) is 34.0. The summed E-state index contributed by atoms with van der Waals surface area (Å²) in [5.41, 5.74) is -0.592. The number of likely N-dealkylation sites (N-methyl/N-ethyl adjacent to an activating group) is 2. The smallest absolute Gasteiger partial charge is 0.870 e. The van der Waals surface area contributed by atoms with E-state index in [1.807, 2.05) is 7.05 Å². The Morgan fingerprint density at radius 1 is 0.610 bits per heavy atom. The van der Waals surface area contributed by atoms with Crippen molar-refractivity contribution in [2.45, 2.75) is 64.4 Å². The van der Waals surface area contributed by atoms with Gasteiger partial charge >= 0.3 is 85.2 Å². The molecule has 2 fully saturated rings. The molecule has 4 aromatic rings. The number of benzene rings is 4. The van der Waals surface area contributed by atoms with Gasteiger partial charge in [0, 0.05) is 94.4 Å². The number of aryl methyl sites for hydroxylation is 1. The van der Waals surface area contributed by atoms with Crippen LogP contribution in [0.15, 0.2) is 83.2 Å². The zero-order valence-electron chi connectivity index (χ0n) is 41.5. The Morgan fingerprint density at radius 3 is 1.25 bits per heavy atom. The zero-order valence-corrected chi connectivity index (χ0v) is 46.0. The first kappa shape index (κ1) is 78.4. The molecule has 2 aliphatic heterocycles. The number of halogens is 13. The maximum atomic E-state index is 12.8. The minimum absolute atomic E-state index is 0. The molecule has 0 atom stereocenters. The van der Waals surface area contributed by atoms with E-state index in [1.54, 1.807) is 18.2 Å². The molecule has 413 valence electrons.